The smallest absolute Gasteiger partial charge is 0.326 e. The van der Waals surface area contributed by atoms with Gasteiger partial charge in [-0.15, -0.1) is 0 Å². The zero-order valence-corrected chi connectivity index (χ0v) is 23.3. The number of para-hydroxylation sites is 1. The Morgan fingerprint density at radius 3 is 2.20 bits per heavy atom. The van der Waals surface area contributed by atoms with E-state index >= 15 is 0 Å². The average Bonchev–Trinajstić information content (AvgIpc) is 3.37. The number of thioether (sulfide) groups is 1. The second kappa shape index (κ2) is 15.1. The first kappa shape index (κ1) is 31.5. The van der Waals surface area contributed by atoms with Crippen LogP contribution in [0.15, 0.2) is 54.7 Å². The normalized spacial score (nSPS) is 14.0. The summed E-state index contributed by atoms with van der Waals surface area (Å²) < 4.78 is 0. The Labute approximate surface area is 241 Å². The first-order chi connectivity index (χ1) is 19.6. The number of carbonyl (C=O) groups excluding carboxylic acids is 3. The van der Waals surface area contributed by atoms with Crippen LogP contribution in [0.3, 0.4) is 0 Å². The van der Waals surface area contributed by atoms with Crippen LogP contribution in [-0.4, -0.2) is 86.8 Å². The van der Waals surface area contributed by atoms with Crippen molar-refractivity contribution in [3.05, 3.63) is 65.9 Å². The number of hydrogen-bond donors (Lipinski definition) is 8. The number of amides is 3. The molecule has 41 heavy (non-hydrogen) atoms. The molecular formula is C28H35N5O7S. The van der Waals surface area contributed by atoms with E-state index in [1.165, 1.54) is 23.9 Å². The summed E-state index contributed by atoms with van der Waals surface area (Å²) in [4.78, 5) is 53.9. The van der Waals surface area contributed by atoms with Gasteiger partial charge >= 0.3 is 5.97 Å². The number of aromatic nitrogens is 1. The van der Waals surface area contributed by atoms with Gasteiger partial charge in [-0.2, -0.15) is 11.8 Å². The molecule has 0 saturated carbocycles. The molecule has 4 unspecified atom stereocenters. The molecule has 4 atom stereocenters. The van der Waals surface area contributed by atoms with Crippen molar-refractivity contribution < 1.29 is 34.5 Å². The van der Waals surface area contributed by atoms with Gasteiger partial charge in [-0.25, -0.2) is 4.79 Å². The zero-order valence-electron chi connectivity index (χ0n) is 22.5. The summed E-state index contributed by atoms with van der Waals surface area (Å²) in [6.45, 7) is -0.751. The van der Waals surface area contributed by atoms with Gasteiger partial charge in [0.1, 0.15) is 23.9 Å². The van der Waals surface area contributed by atoms with Crippen molar-refractivity contribution in [3.8, 4) is 5.75 Å². The first-order valence-electron chi connectivity index (χ1n) is 12.9. The van der Waals surface area contributed by atoms with Crippen LogP contribution in [0.25, 0.3) is 10.9 Å². The van der Waals surface area contributed by atoms with Crippen molar-refractivity contribution in [1.82, 2.24) is 20.9 Å². The molecule has 1 aromatic heterocycles. The molecule has 0 bridgehead atoms. The van der Waals surface area contributed by atoms with Crippen molar-refractivity contribution in [2.75, 3.05) is 18.6 Å². The number of fused-ring (bicyclic) bond motifs is 1. The zero-order chi connectivity index (χ0) is 29.9. The quantitative estimate of drug-likeness (QED) is 0.123. The van der Waals surface area contributed by atoms with Gasteiger partial charge in [0.05, 0.1) is 12.6 Å². The molecule has 0 aliphatic carbocycles. The van der Waals surface area contributed by atoms with E-state index in [2.05, 4.69) is 20.9 Å². The van der Waals surface area contributed by atoms with Crippen molar-refractivity contribution in [2.24, 2.45) is 5.73 Å². The lowest BCUT2D eigenvalue weighted by Crippen LogP contribution is -2.58. The Balaban J connectivity index is 1.64. The number of benzene rings is 2. The van der Waals surface area contributed by atoms with E-state index in [0.29, 0.717) is 16.9 Å². The highest BCUT2D eigenvalue weighted by atomic mass is 32.2. The van der Waals surface area contributed by atoms with E-state index in [-0.39, 0.29) is 25.0 Å². The second-order valence-electron chi connectivity index (χ2n) is 9.53. The highest BCUT2D eigenvalue weighted by molar-refractivity contribution is 7.98. The molecule has 9 N–H and O–H groups in total. The van der Waals surface area contributed by atoms with Crippen LogP contribution >= 0.6 is 11.8 Å². The SMILES string of the molecule is CSCCC(NC(=O)C(CO)NC(=O)C(N)Cc1ccc(O)cc1)C(=O)NC(Cc1c[nH]c2ccccc12)C(=O)O. The number of aliphatic hydroxyl groups is 1. The number of aromatic amines is 1. The summed E-state index contributed by atoms with van der Waals surface area (Å²) in [5.74, 6) is -2.90. The maximum Gasteiger partial charge on any atom is 0.326 e. The van der Waals surface area contributed by atoms with Crippen LogP contribution in [0.4, 0.5) is 0 Å². The van der Waals surface area contributed by atoms with Gasteiger partial charge in [0.2, 0.25) is 17.7 Å². The van der Waals surface area contributed by atoms with Gasteiger partial charge in [-0.1, -0.05) is 30.3 Å². The van der Waals surface area contributed by atoms with Crippen LogP contribution < -0.4 is 21.7 Å². The number of nitrogens with two attached hydrogens (primary N) is 1. The van der Waals surface area contributed by atoms with Crippen molar-refractivity contribution in [1.29, 1.82) is 0 Å². The average molecular weight is 586 g/mol. The molecule has 13 heteroatoms. The van der Waals surface area contributed by atoms with Gasteiger partial charge in [-0.3, -0.25) is 14.4 Å². The molecule has 2 aromatic carbocycles. The molecule has 220 valence electrons. The monoisotopic (exact) mass is 585 g/mol. The molecule has 1 heterocycles. The van der Waals surface area contributed by atoms with Gasteiger partial charge in [0, 0.05) is 23.5 Å². The van der Waals surface area contributed by atoms with Crippen molar-refractivity contribution in [3.63, 3.8) is 0 Å². The third-order valence-electron chi connectivity index (χ3n) is 6.50. The van der Waals surface area contributed by atoms with Crippen LogP contribution in [0.2, 0.25) is 0 Å². The lowest BCUT2D eigenvalue weighted by molar-refractivity contribution is -0.142. The number of nitrogens with one attached hydrogen (secondary N) is 4. The predicted molar refractivity (Wildman–Crippen MR) is 155 cm³/mol. The molecular weight excluding hydrogens is 550 g/mol. The van der Waals surface area contributed by atoms with E-state index in [9.17, 15) is 34.5 Å². The summed E-state index contributed by atoms with van der Waals surface area (Å²) in [6, 6.07) is 8.71. The Morgan fingerprint density at radius 2 is 1.54 bits per heavy atom. The van der Waals surface area contributed by atoms with Crippen LogP contribution in [0.1, 0.15) is 17.5 Å². The molecule has 0 spiro atoms. The van der Waals surface area contributed by atoms with E-state index in [0.717, 1.165) is 10.9 Å². The lowest BCUT2D eigenvalue weighted by Gasteiger charge is -2.24. The second-order valence-corrected chi connectivity index (χ2v) is 10.5. The molecule has 3 amide bonds. The molecule has 0 saturated heterocycles. The molecule has 3 rings (SSSR count). The topological polar surface area (TPSA) is 207 Å². The van der Waals surface area contributed by atoms with Gasteiger partial charge in [-0.05, 0) is 54.2 Å². The molecule has 0 radical (unpaired) electrons. The summed E-state index contributed by atoms with van der Waals surface area (Å²) in [6.07, 6.45) is 3.84. The number of hydrogen-bond acceptors (Lipinski definition) is 8. The Bertz CT molecular complexity index is 1350. The minimum Gasteiger partial charge on any atom is -0.508 e. The summed E-state index contributed by atoms with van der Waals surface area (Å²) in [5.41, 5.74) is 8.20. The van der Waals surface area contributed by atoms with E-state index in [1.54, 1.807) is 18.3 Å². The number of phenols is 1. The number of carboxylic acids is 1. The largest absolute Gasteiger partial charge is 0.508 e. The number of rotatable bonds is 15. The standard InChI is InChI=1S/C28H35N5O7S/c1-41-11-10-22(26(37)32-23(28(39)40)13-17-14-30-21-5-3-2-4-19(17)21)31-27(38)24(15-34)33-25(36)20(29)12-16-6-8-18(35)9-7-16/h2-9,14,20,22-24,30,34-35H,10-13,15,29H2,1H3,(H,31,38)(H,32,37)(H,33,36)(H,39,40). The van der Waals surface area contributed by atoms with E-state index in [1.807, 2.05) is 30.5 Å². The summed E-state index contributed by atoms with van der Waals surface area (Å²) in [5, 5.41) is 37.3. The number of phenolic OH excluding ortho intramolecular Hbond substituents is 1. The van der Waals surface area contributed by atoms with Crippen LogP contribution in [0, 0.1) is 0 Å². The third kappa shape index (κ3) is 8.96. The Hall–Kier alpha value is -4.07. The first-order valence-corrected chi connectivity index (χ1v) is 14.3. The predicted octanol–water partition coefficient (Wildman–Crippen LogP) is 0.270. The number of carboxylic acid groups (broad SMARTS) is 1. The minimum absolute atomic E-state index is 0.0164. The fourth-order valence-electron chi connectivity index (χ4n) is 4.22. The Kier molecular flexibility index (Phi) is 11.6. The molecule has 3 aromatic rings. The number of aromatic hydroxyl groups is 1. The fraction of sp³-hybridized carbons (Fsp3) is 0.357. The van der Waals surface area contributed by atoms with Crippen LogP contribution in [-0.2, 0) is 32.0 Å². The summed E-state index contributed by atoms with van der Waals surface area (Å²) >= 11 is 1.43. The third-order valence-corrected chi connectivity index (χ3v) is 7.15. The number of aliphatic carboxylic acids is 1. The number of H-pyrrole nitrogens is 1. The molecule has 0 fully saturated rings. The number of carbonyl (C=O) groups is 4. The van der Waals surface area contributed by atoms with E-state index < -0.39 is 54.5 Å². The van der Waals surface area contributed by atoms with E-state index in [4.69, 9.17) is 5.73 Å². The molecule has 0 aliphatic rings. The highest BCUT2D eigenvalue weighted by Gasteiger charge is 2.30. The molecule has 12 nitrogen and oxygen atoms in total. The summed E-state index contributed by atoms with van der Waals surface area (Å²) in [7, 11) is 0. The van der Waals surface area contributed by atoms with Gasteiger partial charge in [0.15, 0.2) is 0 Å². The highest BCUT2D eigenvalue weighted by Crippen LogP contribution is 2.19. The van der Waals surface area contributed by atoms with Crippen LogP contribution in [0.5, 0.6) is 5.75 Å². The maximum absolute atomic E-state index is 13.2. The number of aliphatic hydroxyl groups excluding tert-OH is 1. The van der Waals surface area contributed by atoms with Gasteiger partial charge < -0.3 is 42.0 Å². The maximum atomic E-state index is 13.2. The van der Waals surface area contributed by atoms with Crippen molar-refractivity contribution in [2.45, 2.75) is 43.4 Å². The lowest BCUT2D eigenvalue weighted by atomic mass is 10.0. The molecule has 0 aliphatic heterocycles. The minimum atomic E-state index is -1.39. The Morgan fingerprint density at radius 1 is 0.902 bits per heavy atom. The van der Waals surface area contributed by atoms with Gasteiger partial charge in [0.25, 0.3) is 0 Å². The van der Waals surface area contributed by atoms with Crippen molar-refractivity contribution >= 4 is 46.4 Å². The fourth-order valence-corrected chi connectivity index (χ4v) is 4.69.